The minimum absolute atomic E-state index is 0.0436. The lowest BCUT2D eigenvalue weighted by molar-refractivity contribution is -0.142. The van der Waals surface area contributed by atoms with Crippen LogP contribution in [0.15, 0.2) is 101 Å². The zero-order valence-corrected chi connectivity index (χ0v) is 32.2. The molecule has 0 aliphatic carbocycles. The Morgan fingerprint density at radius 3 is 2.17 bits per heavy atom. The van der Waals surface area contributed by atoms with Crippen LogP contribution in [0.4, 0.5) is 22.7 Å². The van der Waals surface area contributed by atoms with Crippen LogP contribution in [0.25, 0.3) is 0 Å². The molecule has 3 aliphatic rings. The van der Waals surface area contributed by atoms with Gasteiger partial charge in [0.2, 0.25) is 0 Å². The number of carbonyl (C=O) groups is 3. The number of ether oxygens (including phenoxy) is 6. The van der Waals surface area contributed by atoms with Gasteiger partial charge >= 0.3 is 5.97 Å². The summed E-state index contributed by atoms with van der Waals surface area (Å²) in [6.07, 6.45) is 3.24. The number of methoxy groups -OCH3 is 3. The maximum atomic E-state index is 13.9. The zero-order chi connectivity index (χ0) is 40.3. The number of carbonyl (C=O) groups excluding carboxylic acids is 3. The van der Waals surface area contributed by atoms with E-state index in [9.17, 15) is 14.4 Å². The maximum absolute atomic E-state index is 13.9. The lowest BCUT2D eigenvalue weighted by atomic mass is 10.1. The number of benzene rings is 5. The highest BCUT2D eigenvalue weighted by Gasteiger charge is 2.36. The van der Waals surface area contributed by atoms with Crippen molar-refractivity contribution in [1.82, 2.24) is 0 Å². The zero-order valence-electron chi connectivity index (χ0n) is 32.2. The van der Waals surface area contributed by atoms with Crippen LogP contribution in [0.5, 0.6) is 28.7 Å². The quantitative estimate of drug-likeness (QED) is 0.0895. The van der Waals surface area contributed by atoms with E-state index >= 15 is 0 Å². The second-order valence-electron chi connectivity index (χ2n) is 13.8. The van der Waals surface area contributed by atoms with Crippen LogP contribution < -0.4 is 33.5 Å². The van der Waals surface area contributed by atoms with E-state index in [0.717, 1.165) is 28.9 Å². The van der Waals surface area contributed by atoms with Crippen LogP contribution in [0.3, 0.4) is 0 Å². The standard InChI is InChI=1S/C45H40N4O9/c1-46-35-21-41(39(53-2)19-33(35)44(51)48-14-13-29-9-5-7-11-37(29)48)57-24-27-15-28(17-32(16-27)56-26-43(50)55-4)25-58-42-22-36-34(20-40(42)54-3)45(52)49-31(23-47-36)18-30-10-6-8-12-38(30)49/h5-12,15-17,19-23,31H,1,13-14,18,24-26H2,2-4H3/t31-/m0/s1. The number of fused-ring (bicyclic) bond motifs is 5. The van der Waals surface area contributed by atoms with Crippen LogP contribution in [-0.2, 0) is 35.6 Å². The summed E-state index contributed by atoms with van der Waals surface area (Å²) in [5.74, 6) is 0.878. The summed E-state index contributed by atoms with van der Waals surface area (Å²) >= 11 is 0. The molecule has 0 radical (unpaired) electrons. The SMILES string of the molecule is C=Nc1cc(OCc2cc(COc3cc4c(cc3OC)C(=O)N3c5ccccc5C[C@H]3C=N4)cc(OCC(=O)OC)c2)c(OC)cc1C(=O)N1CCc2ccccc21. The molecule has 58 heavy (non-hydrogen) atoms. The number of aliphatic imine (C=N–C) groups is 2. The normalized spacial score (nSPS) is 14.7. The summed E-state index contributed by atoms with van der Waals surface area (Å²) in [7, 11) is 4.30. The van der Waals surface area contributed by atoms with Crippen molar-refractivity contribution in [2.45, 2.75) is 32.1 Å². The summed E-state index contributed by atoms with van der Waals surface area (Å²) < 4.78 is 34.5. The van der Waals surface area contributed by atoms with E-state index in [1.165, 1.54) is 21.3 Å². The van der Waals surface area contributed by atoms with Gasteiger partial charge < -0.3 is 33.3 Å². The van der Waals surface area contributed by atoms with Gasteiger partial charge in [0, 0.05) is 42.7 Å². The molecular formula is C45H40N4O9. The van der Waals surface area contributed by atoms with Crippen LogP contribution in [0, 0.1) is 0 Å². The highest BCUT2D eigenvalue weighted by Crippen LogP contribution is 2.42. The molecule has 0 fully saturated rings. The Morgan fingerprint density at radius 1 is 0.793 bits per heavy atom. The van der Waals surface area contributed by atoms with E-state index in [0.29, 0.717) is 75.3 Å². The van der Waals surface area contributed by atoms with Gasteiger partial charge in [0.25, 0.3) is 11.8 Å². The van der Waals surface area contributed by atoms with Crippen molar-refractivity contribution >= 4 is 53.5 Å². The number of hydrogen-bond acceptors (Lipinski definition) is 11. The maximum Gasteiger partial charge on any atom is 0.343 e. The Hall–Kier alpha value is -7.15. The summed E-state index contributed by atoms with van der Waals surface area (Å²) in [5.41, 5.74) is 6.85. The molecule has 0 saturated carbocycles. The van der Waals surface area contributed by atoms with Gasteiger partial charge in [-0.15, -0.1) is 0 Å². The molecule has 0 unspecified atom stereocenters. The van der Waals surface area contributed by atoms with E-state index in [-0.39, 0.29) is 37.7 Å². The van der Waals surface area contributed by atoms with E-state index < -0.39 is 5.97 Å². The van der Waals surface area contributed by atoms with Gasteiger partial charge in [-0.1, -0.05) is 36.4 Å². The fourth-order valence-corrected chi connectivity index (χ4v) is 7.51. The average molecular weight is 781 g/mol. The van der Waals surface area contributed by atoms with Crippen molar-refractivity contribution in [2.75, 3.05) is 44.3 Å². The molecule has 13 heteroatoms. The van der Waals surface area contributed by atoms with E-state index in [2.05, 4.69) is 11.7 Å². The van der Waals surface area contributed by atoms with Crippen molar-refractivity contribution in [3.05, 3.63) is 124 Å². The van der Waals surface area contributed by atoms with Crippen molar-refractivity contribution in [3.63, 3.8) is 0 Å². The third-order valence-corrected chi connectivity index (χ3v) is 10.3. The molecule has 0 bridgehead atoms. The smallest absolute Gasteiger partial charge is 0.343 e. The highest BCUT2D eigenvalue weighted by molar-refractivity contribution is 6.15. The molecule has 3 heterocycles. The molecule has 13 nitrogen and oxygen atoms in total. The largest absolute Gasteiger partial charge is 0.493 e. The van der Waals surface area contributed by atoms with Crippen molar-refractivity contribution in [1.29, 1.82) is 0 Å². The number of esters is 1. The third-order valence-electron chi connectivity index (χ3n) is 10.3. The minimum atomic E-state index is -0.547. The Balaban J connectivity index is 1.03. The van der Waals surface area contributed by atoms with Gasteiger partial charge in [-0.05, 0) is 77.9 Å². The predicted molar refractivity (Wildman–Crippen MR) is 219 cm³/mol. The Bertz CT molecular complexity index is 2480. The molecule has 1 atom stereocenters. The van der Waals surface area contributed by atoms with Gasteiger partial charge in [-0.3, -0.25) is 24.5 Å². The van der Waals surface area contributed by atoms with Crippen LogP contribution >= 0.6 is 0 Å². The van der Waals surface area contributed by atoms with Gasteiger partial charge in [-0.2, -0.15) is 0 Å². The molecule has 294 valence electrons. The number of amides is 2. The number of hydrogen-bond donors (Lipinski definition) is 0. The van der Waals surface area contributed by atoms with Gasteiger partial charge in [0.05, 0.1) is 49.9 Å². The molecular weight excluding hydrogens is 741 g/mol. The van der Waals surface area contributed by atoms with Crippen molar-refractivity contribution in [2.24, 2.45) is 9.98 Å². The predicted octanol–water partition coefficient (Wildman–Crippen LogP) is 7.24. The number of anilines is 2. The van der Waals surface area contributed by atoms with Crippen LogP contribution in [0.1, 0.15) is 43.0 Å². The van der Waals surface area contributed by atoms with Crippen molar-refractivity contribution < 1.29 is 42.8 Å². The molecule has 0 aromatic heterocycles. The van der Waals surface area contributed by atoms with Crippen LogP contribution in [0.2, 0.25) is 0 Å². The summed E-state index contributed by atoms with van der Waals surface area (Å²) in [4.78, 5) is 52.0. The molecule has 2 amide bonds. The highest BCUT2D eigenvalue weighted by atomic mass is 16.6. The Labute approximate surface area is 335 Å². The third kappa shape index (κ3) is 7.29. The lowest BCUT2D eigenvalue weighted by Gasteiger charge is -2.22. The topological polar surface area (TPSA) is 138 Å². The second kappa shape index (κ2) is 16.1. The molecule has 0 N–H and O–H groups in total. The van der Waals surface area contributed by atoms with E-state index in [1.54, 1.807) is 52.4 Å². The second-order valence-corrected chi connectivity index (χ2v) is 13.8. The average Bonchev–Trinajstić information content (AvgIpc) is 3.83. The Kier molecular flexibility index (Phi) is 10.5. The number of rotatable bonds is 13. The first-order chi connectivity index (χ1) is 28.3. The van der Waals surface area contributed by atoms with Crippen LogP contribution in [-0.4, -0.2) is 71.2 Å². The number of para-hydroxylation sites is 2. The molecule has 0 spiro atoms. The Morgan fingerprint density at radius 2 is 1.47 bits per heavy atom. The lowest BCUT2D eigenvalue weighted by Crippen LogP contribution is -2.37. The molecule has 8 rings (SSSR count). The number of nitrogens with zero attached hydrogens (tertiary/aromatic N) is 4. The monoisotopic (exact) mass is 780 g/mol. The molecule has 5 aromatic carbocycles. The van der Waals surface area contributed by atoms with Gasteiger partial charge in [-0.25, -0.2) is 4.79 Å². The van der Waals surface area contributed by atoms with Gasteiger partial charge in [0.1, 0.15) is 19.0 Å². The first-order valence-corrected chi connectivity index (χ1v) is 18.6. The van der Waals surface area contributed by atoms with E-state index in [4.69, 9.17) is 33.4 Å². The van der Waals surface area contributed by atoms with E-state index in [1.807, 2.05) is 54.6 Å². The van der Waals surface area contributed by atoms with Gasteiger partial charge in [0.15, 0.2) is 29.6 Å². The molecule has 0 saturated heterocycles. The molecule has 5 aromatic rings. The summed E-state index contributed by atoms with van der Waals surface area (Å²) in [6.45, 7) is 4.06. The minimum Gasteiger partial charge on any atom is -0.493 e. The summed E-state index contributed by atoms with van der Waals surface area (Å²) in [6, 6.07) is 27.4. The molecule has 3 aliphatic heterocycles. The fraction of sp³-hybridized carbons (Fsp3) is 0.222. The first kappa shape index (κ1) is 37.8. The first-order valence-electron chi connectivity index (χ1n) is 18.6. The summed E-state index contributed by atoms with van der Waals surface area (Å²) in [5, 5.41) is 0. The fourth-order valence-electron chi connectivity index (χ4n) is 7.51. The van der Waals surface area contributed by atoms with Crippen molar-refractivity contribution in [3.8, 4) is 28.7 Å².